The quantitative estimate of drug-likeness (QED) is 0.619. The first-order valence-corrected chi connectivity index (χ1v) is 8.47. The molecule has 21 heavy (non-hydrogen) atoms. The lowest BCUT2D eigenvalue weighted by Gasteiger charge is -2.13. The first-order valence-electron chi connectivity index (χ1n) is 6.98. The third-order valence-corrected chi connectivity index (χ3v) is 5.05. The van der Waals surface area contributed by atoms with Gasteiger partial charge in [0.25, 0.3) is 5.69 Å². The lowest BCUT2D eigenvalue weighted by Crippen LogP contribution is -2.33. The van der Waals surface area contributed by atoms with Gasteiger partial charge in [-0.05, 0) is 31.9 Å². The Hall–Kier alpha value is -1.67. The van der Waals surface area contributed by atoms with Crippen LogP contribution in [-0.4, -0.2) is 25.9 Å². The van der Waals surface area contributed by atoms with E-state index in [0.717, 1.165) is 25.7 Å². The molecule has 0 bridgehead atoms. The van der Waals surface area contributed by atoms with Crippen molar-refractivity contribution in [3.05, 3.63) is 28.3 Å². The van der Waals surface area contributed by atoms with Gasteiger partial charge in [-0.25, -0.2) is 13.1 Å². The normalized spacial score (nSPS) is 16.0. The van der Waals surface area contributed by atoms with Crippen LogP contribution in [0.15, 0.2) is 23.1 Å². The Morgan fingerprint density at radius 3 is 2.57 bits per heavy atom. The lowest BCUT2D eigenvalue weighted by atomic mass is 10.3. The van der Waals surface area contributed by atoms with Gasteiger partial charge in [-0.15, -0.1) is 0 Å². The molecule has 1 aliphatic carbocycles. The Labute approximate surface area is 123 Å². The predicted octanol–water partition coefficient (Wildman–Crippen LogP) is 2.25. The van der Waals surface area contributed by atoms with Crippen molar-refractivity contribution in [2.45, 2.75) is 43.5 Å². The third-order valence-electron chi connectivity index (χ3n) is 3.50. The summed E-state index contributed by atoms with van der Waals surface area (Å²) in [7, 11) is -3.89. The molecule has 1 aromatic carbocycles. The number of nitrogens with zero attached hydrogens (tertiary/aromatic N) is 1. The zero-order chi connectivity index (χ0) is 15.5. The molecule has 0 saturated heterocycles. The second-order valence-electron chi connectivity index (χ2n) is 5.07. The summed E-state index contributed by atoms with van der Waals surface area (Å²) in [5.41, 5.74) is 0.150. The van der Waals surface area contributed by atoms with Gasteiger partial charge in [0.1, 0.15) is 0 Å². The van der Waals surface area contributed by atoms with Crippen LogP contribution >= 0.6 is 0 Å². The van der Waals surface area contributed by atoms with Gasteiger partial charge in [-0.3, -0.25) is 10.1 Å². The van der Waals surface area contributed by atoms with E-state index in [2.05, 4.69) is 10.0 Å². The number of hydrogen-bond acceptors (Lipinski definition) is 5. The van der Waals surface area contributed by atoms with E-state index < -0.39 is 20.6 Å². The molecule has 7 nitrogen and oxygen atoms in total. The van der Waals surface area contributed by atoms with E-state index in [9.17, 15) is 18.5 Å². The molecule has 2 rings (SSSR count). The van der Waals surface area contributed by atoms with E-state index in [-0.39, 0.29) is 10.9 Å². The van der Waals surface area contributed by atoms with Gasteiger partial charge in [-0.1, -0.05) is 12.8 Å². The molecule has 0 atom stereocenters. The number of nitrogens with one attached hydrogen (secondary N) is 2. The average molecular weight is 313 g/mol. The van der Waals surface area contributed by atoms with Gasteiger partial charge in [0.15, 0.2) is 4.90 Å². The number of hydrogen-bond donors (Lipinski definition) is 2. The van der Waals surface area contributed by atoms with Crippen LogP contribution < -0.4 is 10.0 Å². The molecule has 2 N–H and O–H groups in total. The van der Waals surface area contributed by atoms with E-state index in [1.165, 1.54) is 18.2 Å². The first-order chi connectivity index (χ1) is 9.94. The van der Waals surface area contributed by atoms with Crippen molar-refractivity contribution in [1.29, 1.82) is 0 Å². The summed E-state index contributed by atoms with van der Waals surface area (Å²) >= 11 is 0. The highest BCUT2D eigenvalue weighted by Crippen LogP contribution is 2.28. The van der Waals surface area contributed by atoms with Crippen LogP contribution in [0.4, 0.5) is 11.4 Å². The molecule has 116 valence electrons. The van der Waals surface area contributed by atoms with Crippen molar-refractivity contribution in [2.75, 3.05) is 11.9 Å². The molecule has 8 heteroatoms. The largest absolute Gasteiger partial charge is 0.385 e. The summed E-state index contributed by atoms with van der Waals surface area (Å²) in [6.07, 6.45) is 3.51. The zero-order valence-electron chi connectivity index (χ0n) is 11.8. The summed E-state index contributed by atoms with van der Waals surface area (Å²) in [5, 5.41) is 14.0. The summed E-state index contributed by atoms with van der Waals surface area (Å²) in [6.45, 7) is 2.47. The maximum Gasteiger partial charge on any atom is 0.289 e. The summed E-state index contributed by atoms with van der Waals surface area (Å²) in [5.74, 6) is 0. The van der Waals surface area contributed by atoms with Crippen LogP contribution in [0.1, 0.15) is 32.6 Å². The molecule has 0 amide bonds. The van der Waals surface area contributed by atoms with Crippen LogP contribution in [0.25, 0.3) is 0 Å². The van der Waals surface area contributed by atoms with Crippen molar-refractivity contribution in [3.8, 4) is 0 Å². The number of benzene rings is 1. The van der Waals surface area contributed by atoms with Crippen LogP contribution in [0, 0.1) is 10.1 Å². The minimum absolute atomic E-state index is 0.127. The molecule has 0 spiro atoms. The van der Waals surface area contributed by atoms with Gasteiger partial charge < -0.3 is 5.32 Å². The lowest BCUT2D eigenvalue weighted by molar-refractivity contribution is -0.387. The van der Waals surface area contributed by atoms with Crippen molar-refractivity contribution >= 4 is 21.4 Å². The van der Waals surface area contributed by atoms with E-state index in [1.54, 1.807) is 0 Å². The van der Waals surface area contributed by atoms with E-state index in [0.29, 0.717) is 12.2 Å². The van der Waals surface area contributed by atoms with Crippen molar-refractivity contribution < 1.29 is 13.3 Å². The smallest absolute Gasteiger partial charge is 0.289 e. The molecule has 1 aromatic rings. The molecule has 1 saturated carbocycles. The fourth-order valence-electron chi connectivity index (χ4n) is 2.52. The predicted molar refractivity (Wildman–Crippen MR) is 79.8 cm³/mol. The Balaban J connectivity index is 2.38. The summed E-state index contributed by atoms with van der Waals surface area (Å²) in [6, 6.07) is 3.92. The van der Waals surface area contributed by atoms with E-state index in [4.69, 9.17) is 0 Å². The fourth-order valence-corrected chi connectivity index (χ4v) is 4.02. The number of sulfonamides is 1. The summed E-state index contributed by atoms with van der Waals surface area (Å²) < 4.78 is 27.4. The Morgan fingerprint density at radius 1 is 1.33 bits per heavy atom. The number of rotatable bonds is 6. The highest BCUT2D eigenvalue weighted by Gasteiger charge is 2.29. The second kappa shape index (κ2) is 6.40. The Bertz CT molecular complexity index is 624. The van der Waals surface area contributed by atoms with Crippen LogP contribution in [0.3, 0.4) is 0 Å². The third kappa shape index (κ3) is 3.70. The number of nitro benzene ring substituents is 1. The fraction of sp³-hybridized carbons (Fsp3) is 0.538. The van der Waals surface area contributed by atoms with Gasteiger partial charge in [-0.2, -0.15) is 0 Å². The maximum atomic E-state index is 12.4. The molecule has 1 fully saturated rings. The van der Waals surface area contributed by atoms with Crippen molar-refractivity contribution in [1.82, 2.24) is 4.72 Å². The molecule has 0 unspecified atom stereocenters. The van der Waals surface area contributed by atoms with Gasteiger partial charge in [0.05, 0.1) is 4.92 Å². The van der Waals surface area contributed by atoms with Gasteiger partial charge in [0, 0.05) is 24.3 Å². The van der Waals surface area contributed by atoms with Crippen LogP contribution in [0.5, 0.6) is 0 Å². The second-order valence-corrected chi connectivity index (χ2v) is 6.76. The van der Waals surface area contributed by atoms with E-state index >= 15 is 0 Å². The Kier molecular flexibility index (Phi) is 4.79. The van der Waals surface area contributed by atoms with Crippen LogP contribution in [0.2, 0.25) is 0 Å². The van der Waals surface area contributed by atoms with Crippen molar-refractivity contribution in [3.63, 3.8) is 0 Å². The van der Waals surface area contributed by atoms with Crippen LogP contribution in [-0.2, 0) is 10.0 Å². The maximum absolute atomic E-state index is 12.4. The molecule has 0 heterocycles. The Morgan fingerprint density at radius 2 is 2.00 bits per heavy atom. The molecule has 0 aromatic heterocycles. The SMILES string of the molecule is CCNc1ccc([N+](=O)[O-])c(S(=O)(=O)NC2CCCC2)c1. The molecule has 0 radical (unpaired) electrons. The highest BCUT2D eigenvalue weighted by atomic mass is 32.2. The monoisotopic (exact) mass is 313 g/mol. The summed E-state index contributed by atoms with van der Waals surface area (Å²) in [4.78, 5) is 10.1. The minimum atomic E-state index is -3.89. The zero-order valence-corrected chi connectivity index (χ0v) is 12.6. The molecular weight excluding hydrogens is 294 g/mol. The molecule has 0 aliphatic heterocycles. The van der Waals surface area contributed by atoms with Crippen molar-refractivity contribution in [2.24, 2.45) is 0 Å². The number of anilines is 1. The number of nitro groups is 1. The standard InChI is InChI=1S/C13H19N3O4S/c1-2-14-11-7-8-12(16(17)18)13(9-11)21(19,20)15-10-5-3-4-6-10/h7-10,14-15H,2-6H2,1H3. The van der Waals surface area contributed by atoms with E-state index in [1.807, 2.05) is 6.92 Å². The van der Waals surface area contributed by atoms with Gasteiger partial charge in [0.2, 0.25) is 10.0 Å². The topological polar surface area (TPSA) is 101 Å². The molecular formula is C13H19N3O4S. The highest BCUT2D eigenvalue weighted by molar-refractivity contribution is 7.89. The minimum Gasteiger partial charge on any atom is -0.385 e. The first kappa shape index (κ1) is 15.7. The average Bonchev–Trinajstić information content (AvgIpc) is 2.91. The molecule has 1 aliphatic rings. The van der Waals surface area contributed by atoms with Gasteiger partial charge >= 0.3 is 0 Å².